The molecule has 17 heavy (non-hydrogen) atoms. The van der Waals surface area contributed by atoms with E-state index in [1.165, 1.54) is 18.4 Å². The van der Waals surface area contributed by atoms with Gasteiger partial charge in [0, 0.05) is 17.8 Å². The Balaban J connectivity index is 1.96. The lowest BCUT2D eigenvalue weighted by Gasteiger charge is -2.30. The molecule has 0 bridgehead atoms. The van der Waals surface area contributed by atoms with Crippen molar-refractivity contribution in [2.45, 2.75) is 31.7 Å². The first-order chi connectivity index (χ1) is 8.25. The highest BCUT2D eigenvalue weighted by Crippen LogP contribution is 2.36. The molecule has 1 aliphatic carbocycles. The summed E-state index contributed by atoms with van der Waals surface area (Å²) in [6.07, 6.45) is 6.20. The second kappa shape index (κ2) is 3.91. The molecule has 0 spiro atoms. The summed E-state index contributed by atoms with van der Waals surface area (Å²) in [7, 11) is 0. The van der Waals surface area contributed by atoms with Gasteiger partial charge in [-0.25, -0.2) is 0 Å². The number of benzene rings is 1. The van der Waals surface area contributed by atoms with Crippen LogP contribution in [0.25, 0.3) is 0 Å². The second-order valence-electron chi connectivity index (χ2n) is 4.71. The third-order valence-corrected chi connectivity index (χ3v) is 3.59. The van der Waals surface area contributed by atoms with Crippen LogP contribution in [0.4, 0.5) is 5.69 Å². The van der Waals surface area contributed by atoms with Gasteiger partial charge >= 0.3 is 0 Å². The molecule has 1 aromatic carbocycles. The molecule has 2 aliphatic rings. The van der Waals surface area contributed by atoms with Crippen molar-refractivity contribution in [3.8, 4) is 5.75 Å². The topological polar surface area (TPSA) is 40.5 Å². The van der Waals surface area contributed by atoms with Crippen molar-refractivity contribution in [2.75, 3.05) is 4.90 Å². The van der Waals surface area contributed by atoms with Gasteiger partial charge in [0.15, 0.2) is 0 Å². The van der Waals surface area contributed by atoms with Gasteiger partial charge in [-0.15, -0.1) is 0 Å². The zero-order valence-electron chi connectivity index (χ0n) is 9.60. The summed E-state index contributed by atoms with van der Waals surface area (Å²) in [5.74, 6) is 0.261. The number of rotatable bonds is 1. The van der Waals surface area contributed by atoms with Gasteiger partial charge in [0.25, 0.3) is 5.91 Å². The Hall–Kier alpha value is -1.77. The van der Waals surface area contributed by atoms with Crippen LogP contribution in [0.5, 0.6) is 5.75 Å². The third kappa shape index (κ3) is 1.71. The van der Waals surface area contributed by atoms with E-state index < -0.39 is 0 Å². The number of carbonyl (C=O) groups excluding carboxylic acids is 1. The Morgan fingerprint density at radius 2 is 2.18 bits per heavy atom. The van der Waals surface area contributed by atoms with Crippen molar-refractivity contribution >= 4 is 11.6 Å². The molecule has 0 saturated heterocycles. The fourth-order valence-corrected chi connectivity index (χ4v) is 2.81. The smallest absolute Gasteiger partial charge is 0.251 e. The molecular formula is C14H15NO2. The summed E-state index contributed by atoms with van der Waals surface area (Å²) in [4.78, 5) is 13.8. The largest absolute Gasteiger partial charge is 0.508 e. The second-order valence-corrected chi connectivity index (χ2v) is 4.71. The SMILES string of the molecule is O=C1C=C2CCCCC2N1c1cccc(O)c1. The first kappa shape index (κ1) is 10.4. The van der Waals surface area contributed by atoms with Crippen molar-refractivity contribution in [2.24, 2.45) is 0 Å². The quantitative estimate of drug-likeness (QED) is 0.804. The first-order valence-corrected chi connectivity index (χ1v) is 6.08. The molecular weight excluding hydrogens is 214 g/mol. The Morgan fingerprint density at radius 3 is 3.00 bits per heavy atom. The van der Waals surface area contributed by atoms with Crippen LogP contribution in [0, 0.1) is 0 Å². The van der Waals surface area contributed by atoms with Crippen molar-refractivity contribution in [1.82, 2.24) is 0 Å². The summed E-state index contributed by atoms with van der Waals surface area (Å²) in [6.45, 7) is 0. The molecule has 1 amide bonds. The van der Waals surface area contributed by atoms with Crippen LogP contribution >= 0.6 is 0 Å². The molecule has 0 radical (unpaired) electrons. The zero-order valence-corrected chi connectivity index (χ0v) is 9.60. The van der Waals surface area contributed by atoms with E-state index in [-0.39, 0.29) is 17.7 Å². The number of hydrogen-bond donors (Lipinski definition) is 1. The molecule has 1 aliphatic heterocycles. The van der Waals surface area contributed by atoms with E-state index >= 15 is 0 Å². The normalized spacial score (nSPS) is 23.5. The van der Waals surface area contributed by atoms with E-state index in [0.29, 0.717) is 0 Å². The maximum absolute atomic E-state index is 12.0. The van der Waals surface area contributed by atoms with Crippen molar-refractivity contribution in [3.63, 3.8) is 0 Å². The lowest BCUT2D eigenvalue weighted by molar-refractivity contribution is -0.113. The fraction of sp³-hybridized carbons (Fsp3) is 0.357. The average Bonchev–Trinajstić information content (AvgIpc) is 2.64. The van der Waals surface area contributed by atoms with Gasteiger partial charge < -0.3 is 10.0 Å². The minimum Gasteiger partial charge on any atom is -0.508 e. The Morgan fingerprint density at radius 1 is 1.29 bits per heavy atom. The standard InChI is InChI=1S/C14H15NO2/c16-12-6-3-5-11(9-12)15-13-7-2-1-4-10(13)8-14(15)17/h3,5-6,8-9,13,16H,1-2,4,7H2. The summed E-state index contributed by atoms with van der Waals surface area (Å²) in [6, 6.07) is 7.16. The minimum absolute atomic E-state index is 0.0532. The van der Waals surface area contributed by atoms with Gasteiger partial charge in [-0.05, 0) is 37.0 Å². The number of amides is 1. The van der Waals surface area contributed by atoms with Gasteiger partial charge in [-0.1, -0.05) is 12.5 Å². The van der Waals surface area contributed by atoms with Crippen LogP contribution in [-0.2, 0) is 4.79 Å². The molecule has 1 heterocycles. The predicted octanol–water partition coefficient (Wildman–Crippen LogP) is 2.61. The van der Waals surface area contributed by atoms with Crippen molar-refractivity contribution in [3.05, 3.63) is 35.9 Å². The zero-order chi connectivity index (χ0) is 11.8. The molecule has 1 unspecified atom stereocenters. The molecule has 1 N–H and O–H groups in total. The van der Waals surface area contributed by atoms with Crippen molar-refractivity contribution < 1.29 is 9.90 Å². The van der Waals surface area contributed by atoms with E-state index in [9.17, 15) is 9.90 Å². The maximum atomic E-state index is 12.0. The van der Waals surface area contributed by atoms with Crippen molar-refractivity contribution in [1.29, 1.82) is 0 Å². The first-order valence-electron chi connectivity index (χ1n) is 6.08. The van der Waals surface area contributed by atoms with Crippen LogP contribution in [0.1, 0.15) is 25.7 Å². The number of fused-ring (bicyclic) bond motifs is 1. The highest BCUT2D eigenvalue weighted by atomic mass is 16.3. The highest BCUT2D eigenvalue weighted by molar-refractivity contribution is 6.06. The van der Waals surface area contributed by atoms with Gasteiger partial charge in [-0.3, -0.25) is 4.79 Å². The molecule has 0 aromatic heterocycles. The third-order valence-electron chi connectivity index (χ3n) is 3.59. The Kier molecular flexibility index (Phi) is 2.39. The maximum Gasteiger partial charge on any atom is 0.251 e. The number of hydrogen-bond acceptors (Lipinski definition) is 2. The Labute approximate surface area is 100 Å². The molecule has 1 saturated carbocycles. The summed E-state index contributed by atoms with van der Waals surface area (Å²) < 4.78 is 0. The molecule has 1 fully saturated rings. The van der Waals surface area contributed by atoms with E-state index in [4.69, 9.17) is 0 Å². The molecule has 88 valence electrons. The summed E-state index contributed by atoms with van der Waals surface area (Å²) >= 11 is 0. The minimum atomic E-state index is 0.0532. The number of carbonyl (C=O) groups is 1. The average molecular weight is 229 g/mol. The molecule has 3 nitrogen and oxygen atoms in total. The monoisotopic (exact) mass is 229 g/mol. The molecule has 1 aromatic rings. The Bertz CT molecular complexity index is 493. The fourth-order valence-electron chi connectivity index (χ4n) is 2.81. The van der Waals surface area contributed by atoms with Crippen LogP contribution in [0.2, 0.25) is 0 Å². The summed E-state index contributed by atoms with van der Waals surface area (Å²) in [5, 5.41) is 9.50. The molecule has 3 heteroatoms. The molecule has 3 rings (SSSR count). The van der Waals surface area contributed by atoms with Gasteiger partial charge in [-0.2, -0.15) is 0 Å². The number of phenols is 1. The van der Waals surface area contributed by atoms with Crippen LogP contribution in [0.15, 0.2) is 35.9 Å². The van der Waals surface area contributed by atoms with Crippen LogP contribution in [0.3, 0.4) is 0 Å². The predicted molar refractivity (Wildman–Crippen MR) is 65.9 cm³/mol. The van der Waals surface area contributed by atoms with Gasteiger partial charge in [0.05, 0.1) is 6.04 Å². The number of aromatic hydroxyl groups is 1. The summed E-state index contributed by atoms with van der Waals surface area (Å²) in [5.41, 5.74) is 2.05. The highest BCUT2D eigenvalue weighted by Gasteiger charge is 2.34. The number of phenolic OH excluding ortho intramolecular Hbond substituents is 1. The van der Waals surface area contributed by atoms with Gasteiger partial charge in [0.2, 0.25) is 0 Å². The van der Waals surface area contributed by atoms with Gasteiger partial charge in [0.1, 0.15) is 5.75 Å². The lowest BCUT2D eigenvalue weighted by atomic mass is 9.91. The van der Waals surface area contributed by atoms with Crippen LogP contribution in [-0.4, -0.2) is 17.1 Å². The van der Waals surface area contributed by atoms with E-state index in [2.05, 4.69) is 0 Å². The van der Waals surface area contributed by atoms with E-state index in [1.807, 2.05) is 11.0 Å². The molecule has 1 atom stereocenters. The number of nitrogens with zero attached hydrogens (tertiary/aromatic N) is 1. The number of anilines is 1. The van der Waals surface area contributed by atoms with Crippen LogP contribution < -0.4 is 4.90 Å². The van der Waals surface area contributed by atoms with E-state index in [1.54, 1.807) is 24.3 Å². The van der Waals surface area contributed by atoms with E-state index in [0.717, 1.165) is 18.5 Å². The lowest BCUT2D eigenvalue weighted by Crippen LogP contribution is -2.36.